The lowest BCUT2D eigenvalue weighted by molar-refractivity contribution is -0.135. The van der Waals surface area contributed by atoms with E-state index in [2.05, 4.69) is 19.9 Å². The zero-order chi connectivity index (χ0) is 23.3. The lowest BCUT2D eigenvalue weighted by Crippen LogP contribution is -2.47. The van der Waals surface area contributed by atoms with E-state index in [1.807, 2.05) is 36.9 Å². The molecular formula is C25H34N2O4S. The second-order valence-electron chi connectivity index (χ2n) is 8.87. The van der Waals surface area contributed by atoms with Gasteiger partial charge in [-0.1, -0.05) is 61.4 Å². The molecule has 0 unspecified atom stereocenters. The average Bonchev–Trinajstić information content (AvgIpc) is 2.93. The highest BCUT2D eigenvalue weighted by Crippen LogP contribution is 2.21. The highest BCUT2D eigenvalue weighted by Gasteiger charge is 2.33. The topological polar surface area (TPSA) is 66.9 Å². The number of ether oxygens (including phenoxy) is 1. The molecule has 1 fully saturated rings. The number of sulfonamides is 1. The van der Waals surface area contributed by atoms with Gasteiger partial charge in [0.2, 0.25) is 15.9 Å². The summed E-state index contributed by atoms with van der Waals surface area (Å²) in [6.07, 6.45) is 0.173. The monoisotopic (exact) mass is 458 g/mol. The Kier molecular flexibility index (Phi) is 8.09. The minimum Gasteiger partial charge on any atom is -0.375 e. The predicted molar refractivity (Wildman–Crippen MR) is 126 cm³/mol. The minimum atomic E-state index is -3.63. The SMILES string of the molecule is Cc1ccc(S(=O)(=O)N2CCC(=O)N([C@H](COCc3cccc(C)c3)C(C)C)CC2)cc1. The lowest BCUT2D eigenvalue weighted by Gasteiger charge is -2.33. The zero-order valence-electron chi connectivity index (χ0n) is 19.5. The van der Waals surface area contributed by atoms with Crippen LogP contribution in [0.5, 0.6) is 0 Å². The van der Waals surface area contributed by atoms with Gasteiger partial charge in [-0.2, -0.15) is 4.31 Å². The Morgan fingerprint density at radius 3 is 2.34 bits per heavy atom. The first-order valence-corrected chi connectivity index (χ1v) is 12.6. The molecule has 0 aromatic heterocycles. The van der Waals surface area contributed by atoms with Crippen molar-refractivity contribution in [3.8, 4) is 0 Å². The first-order chi connectivity index (χ1) is 15.2. The fraction of sp³-hybridized carbons (Fsp3) is 0.480. The number of hydrogen-bond acceptors (Lipinski definition) is 4. The van der Waals surface area contributed by atoms with Crippen LogP contribution in [-0.2, 0) is 26.2 Å². The summed E-state index contributed by atoms with van der Waals surface area (Å²) in [6, 6.07) is 14.9. The maximum absolute atomic E-state index is 13.1. The van der Waals surface area contributed by atoms with Crippen LogP contribution in [0.3, 0.4) is 0 Å². The Morgan fingerprint density at radius 1 is 0.969 bits per heavy atom. The second kappa shape index (κ2) is 10.6. The first kappa shape index (κ1) is 24.4. The Hall–Kier alpha value is -2.22. The molecular weight excluding hydrogens is 424 g/mol. The van der Waals surface area contributed by atoms with E-state index in [1.165, 1.54) is 9.87 Å². The molecule has 2 aromatic rings. The van der Waals surface area contributed by atoms with Crippen molar-refractivity contribution < 1.29 is 17.9 Å². The summed E-state index contributed by atoms with van der Waals surface area (Å²) in [5.74, 6) is 0.168. The maximum Gasteiger partial charge on any atom is 0.243 e. The molecule has 3 rings (SSSR count). The average molecular weight is 459 g/mol. The molecule has 7 heteroatoms. The van der Waals surface area contributed by atoms with Crippen LogP contribution in [0.25, 0.3) is 0 Å². The molecule has 6 nitrogen and oxygen atoms in total. The number of carbonyl (C=O) groups is 1. The fourth-order valence-electron chi connectivity index (χ4n) is 4.01. The van der Waals surface area contributed by atoms with E-state index < -0.39 is 10.0 Å². The van der Waals surface area contributed by atoms with Gasteiger partial charge in [-0.05, 0) is 37.5 Å². The predicted octanol–water partition coefficient (Wildman–Crippen LogP) is 3.77. The second-order valence-corrected chi connectivity index (χ2v) is 10.8. The van der Waals surface area contributed by atoms with Gasteiger partial charge in [0.05, 0.1) is 24.2 Å². The third-order valence-corrected chi connectivity index (χ3v) is 7.87. The van der Waals surface area contributed by atoms with Crippen LogP contribution in [0.4, 0.5) is 0 Å². The largest absolute Gasteiger partial charge is 0.375 e. The molecule has 174 valence electrons. The van der Waals surface area contributed by atoms with E-state index in [0.717, 1.165) is 11.1 Å². The summed E-state index contributed by atoms with van der Waals surface area (Å²) in [6.45, 7) is 9.85. The van der Waals surface area contributed by atoms with E-state index in [0.29, 0.717) is 19.8 Å². The number of nitrogens with zero attached hydrogens (tertiary/aromatic N) is 2. The van der Waals surface area contributed by atoms with Gasteiger partial charge in [0.25, 0.3) is 0 Å². The van der Waals surface area contributed by atoms with Gasteiger partial charge in [-0.15, -0.1) is 0 Å². The smallest absolute Gasteiger partial charge is 0.243 e. The van der Waals surface area contributed by atoms with Crippen molar-refractivity contribution in [1.82, 2.24) is 9.21 Å². The standard InChI is InChI=1S/C25H34N2O4S/c1-19(2)24(18-31-17-22-7-5-6-21(4)16-22)27-15-14-26(13-12-25(27)28)32(29,30)23-10-8-20(3)9-11-23/h5-11,16,19,24H,12-15,17-18H2,1-4H3/t24-/m1/s1. The van der Waals surface area contributed by atoms with Gasteiger partial charge in [-0.25, -0.2) is 8.42 Å². The number of amides is 1. The van der Waals surface area contributed by atoms with E-state index in [9.17, 15) is 13.2 Å². The highest BCUT2D eigenvalue weighted by atomic mass is 32.2. The van der Waals surface area contributed by atoms with Gasteiger partial charge < -0.3 is 9.64 Å². The quantitative estimate of drug-likeness (QED) is 0.604. The van der Waals surface area contributed by atoms with Crippen molar-refractivity contribution in [2.45, 2.75) is 51.7 Å². The number of carbonyl (C=O) groups excluding carboxylic acids is 1. The maximum atomic E-state index is 13.1. The number of benzene rings is 2. The number of aryl methyl sites for hydroxylation is 2. The van der Waals surface area contributed by atoms with Crippen LogP contribution in [0, 0.1) is 19.8 Å². The fourth-order valence-corrected chi connectivity index (χ4v) is 5.44. The third kappa shape index (κ3) is 5.97. The molecule has 2 aromatic carbocycles. The molecule has 0 N–H and O–H groups in total. The first-order valence-electron chi connectivity index (χ1n) is 11.2. The molecule has 1 atom stereocenters. The van der Waals surface area contributed by atoms with Gasteiger partial charge in [0.1, 0.15) is 0 Å². The lowest BCUT2D eigenvalue weighted by atomic mass is 10.0. The zero-order valence-corrected chi connectivity index (χ0v) is 20.3. The third-order valence-electron chi connectivity index (χ3n) is 5.95. The van der Waals surface area contributed by atoms with E-state index in [4.69, 9.17) is 4.74 Å². The molecule has 1 saturated heterocycles. The van der Waals surface area contributed by atoms with Crippen LogP contribution in [-0.4, -0.2) is 55.8 Å². The van der Waals surface area contributed by atoms with Gasteiger partial charge in [0.15, 0.2) is 0 Å². The van der Waals surface area contributed by atoms with E-state index in [-0.39, 0.29) is 42.3 Å². The van der Waals surface area contributed by atoms with E-state index in [1.54, 1.807) is 24.3 Å². The summed E-state index contributed by atoms with van der Waals surface area (Å²) in [5.41, 5.74) is 3.29. The molecule has 0 radical (unpaired) electrons. The summed E-state index contributed by atoms with van der Waals surface area (Å²) in [5, 5.41) is 0. The van der Waals surface area contributed by atoms with Gasteiger partial charge in [0, 0.05) is 26.1 Å². The van der Waals surface area contributed by atoms with Crippen molar-refractivity contribution in [1.29, 1.82) is 0 Å². The van der Waals surface area contributed by atoms with Crippen LogP contribution < -0.4 is 0 Å². The molecule has 0 spiro atoms. The van der Waals surface area contributed by atoms with E-state index >= 15 is 0 Å². The Bertz CT molecular complexity index is 1020. The molecule has 0 aliphatic carbocycles. The van der Waals surface area contributed by atoms with Crippen LogP contribution in [0.1, 0.15) is 37.0 Å². The molecule has 1 aliphatic rings. The summed E-state index contributed by atoms with van der Waals surface area (Å²) in [4.78, 5) is 15.0. The summed E-state index contributed by atoms with van der Waals surface area (Å²) >= 11 is 0. The molecule has 0 bridgehead atoms. The Morgan fingerprint density at radius 2 is 1.69 bits per heavy atom. The van der Waals surface area contributed by atoms with Crippen LogP contribution in [0.15, 0.2) is 53.4 Å². The Labute approximate surface area is 192 Å². The Balaban J connectivity index is 1.67. The summed E-state index contributed by atoms with van der Waals surface area (Å²) in [7, 11) is -3.63. The molecule has 32 heavy (non-hydrogen) atoms. The van der Waals surface area contributed by atoms with Crippen molar-refractivity contribution in [3.63, 3.8) is 0 Å². The summed E-state index contributed by atoms with van der Waals surface area (Å²) < 4.78 is 33.6. The molecule has 1 heterocycles. The number of rotatable bonds is 8. The van der Waals surface area contributed by atoms with Crippen LogP contribution in [0.2, 0.25) is 0 Å². The van der Waals surface area contributed by atoms with Gasteiger partial charge in [-0.3, -0.25) is 4.79 Å². The minimum absolute atomic E-state index is 0.0236. The molecule has 1 aliphatic heterocycles. The van der Waals surface area contributed by atoms with Crippen molar-refractivity contribution in [2.75, 3.05) is 26.2 Å². The highest BCUT2D eigenvalue weighted by molar-refractivity contribution is 7.89. The van der Waals surface area contributed by atoms with Crippen molar-refractivity contribution >= 4 is 15.9 Å². The van der Waals surface area contributed by atoms with Crippen molar-refractivity contribution in [2.24, 2.45) is 5.92 Å². The van der Waals surface area contributed by atoms with Crippen molar-refractivity contribution in [3.05, 3.63) is 65.2 Å². The molecule has 0 saturated carbocycles. The molecule has 1 amide bonds. The number of hydrogen-bond donors (Lipinski definition) is 0. The van der Waals surface area contributed by atoms with Gasteiger partial charge >= 0.3 is 0 Å². The van der Waals surface area contributed by atoms with Crippen LogP contribution >= 0.6 is 0 Å². The normalized spacial score (nSPS) is 16.9.